The van der Waals surface area contributed by atoms with Gasteiger partial charge in [-0.05, 0) is 12.8 Å². The van der Waals surface area contributed by atoms with E-state index in [1.165, 1.54) is 7.11 Å². The quantitative estimate of drug-likeness (QED) is 0.657. The number of likely N-dealkylation sites (tertiary alicyclic amines) is 1. The van der Waals surface area contributed by atoms with Crippen LogP contribution in [0.4, 0.5) is 0 Å². The number of β-amino-alcohol motifs (C(OH)–C–C–N with tert-alkyl or cyclic N) is 1. The van der Waals surface area contributed by atoms with Crippen LogP contribution in [0, 0.1) is 5.92 Å². The topological polar surface area (TPSA) is 73.3 Å². The van der Waals surface area contributed by atoms with E-state index in [-0.39, 0.29) is 24.4 Å². The number of piperidine rings is 1. The highest BCUT2D eigenvalue weighted by atomic mass is 16.5. The van der Waals surface area contributed by atoms with Crippen LogP contribution in [0.3, 0.4) is 0 Å². The summed E-state index contributed by atoms with van der Waals surface area (Å²) in [6.07, 6.45) is 1.39. The third-order valence-corrected chi connectivity index (χ3v) is 4.62. The molecule has 2 heterocycles. The zero-order chi connectivity index (χ0) is 15.9. The minimum absolute atomic E-state index is 0.0592. The van der Waals surface area contributed by atoms with Crippen molar-refractivity contribution in [3.63, 3.8) is 0 Å². The van der Waals surface area contributed by atoms with Gasteiger partial charge in [-0.3, -0.25) is 19.4 Å². The first kappa shape index (κ1) is 17.2. The molecule has 0 spiro atoms. The molecule has 1 amide bonds. The molecule has 0 atom stereocenters. The first-order chi connectivity index (χ1) is 10.6. The average Bonchev–Trinajstić information content (AvgIpc) is 2.56. The predicted octanol–water partition coefficient (Wildman–Crippen LogP) is -0.992. The molecule has 7 heteroatoms. The lowest BCUT2D eigenvalue weighted by molar-refractivity contribution is -0.149. The molecule has 22 heavy (non-hydrogen) atoms. The Morgan fingerprint density at radius 1 is 1.05 bits per heavy atom. The van der Waals surface area contributed by atoms with Crippen molar-refractivity contribution in [2.45, 2.75) is 12.8 Å². The molecule has 0 unspecified atom stereocenters. The van der Waals surface area contributed by atoms with Gasteiger partial charge in [0.25, 0.3) is 0 Å². The number of aliphatic hydroxyl groups excluding tert-OH is 1. The first-order valence-electron chi connectivity index (χ1n) is 8.05. The van der Waals surface area contributed by atoms with Crippen molar-refractivity contribution in [3.05, 3.63) is 0 Å². The number of nitrogens with zero attached hydrogens (tertiary/aromatic N) is 3. The molecule has 0 aromatic heterocycles. The molecule has 2 aliphatic heterocycles. The molecule has 0 aromatic carbocycles. The van der Waals surface area contributed by atoms with E-state index in [0.29, 0.717) is 39.0 Å². The van der Waals surface area contributed by atoms with Crippen molar-refractivity contribution in [1.29, 1.82) is 0 Å². The zero-order valence-corrected chi connectivity index (χ0v) is 13.4. The highest BCUT2D eigenvalue weighted by Crippen LogP contribution is 2.18. The highest BCUT2D eigenvalue weighted by Gasteiger charge is 2.29. The van der Waals surface area contributed by atoms with Gasteiger partial charge in [0.15, 0.2) is 0 Å². The van der Waals surface area contributed by atoms with E-state index in [9.17, 15) is 9.59 Å². The third-order valence-electron chi connectivity index (χ3n) is 4.62. The number of hydrogen-bond acceptors (Lipinski definition) is 6. The van der Waals surface area contributed by atoms with Crippen LogP contribution >= 0.6 is 0 Å². The summed E-state index contributed by atoms with van der Waals surface area (Å²) in [5, 5.41) is 8.93. The van der Waals surface area contributed by atoms with Gasteiger partial charge < -0.3 is 14.7 Å². The Labute approximate surface area is 131 Å². The number of esters is 1. The molecule has 0 aliphatic carbocycles. The molecule has 0 radical (unpaired) electrons. The second-order valence-electron chi connectivity index (χ2n) is 6.02. The van der Waals surface area contributed by atoms with E-state index in [0.717, 1.165) is 26.2 Å². The van der Waals surface area contributed by atoms with Crippen LogP contribution < -0.4 is 0 Å². The van der Waals surface area contributed by atoms with Gasteiger partial charge in [0, 0.05) is 45.8 Å². The molecule has 2 rings (SSSR count). The van der Waals surface area contributed by atoms with Crippen LogP contribution in [0.15, 0.2) is 0 Å². The number of carbonyl (C=O) groups excluding carboxylic acids is 2. The van der Waals surface area contributed by atoms with Gasteiger partial charge in [0.05, 0.1) is 26.2 Å². The van der Waals surface area contributed by atoms with Crippen LogP contribution in [-0.4, -0.2) is 97.8 Å². The lowest BCUT2D eigenvalue weighted by Gasteiger charge is -2.36. The number of ether oxygens (including phenoxy) is 1. The molecule has 7 nitrogen and oxygen atoms in total. The van der Waals surface area contributed by atoms with Crippen LogP contribution in [0.25, 0.3) is 0 Å². The maximum atomic E-state index is 12.3. The van der Waals surface area contributed by atoms with Gasteiger partial charge in [0.2, 0.25) is 5.91 Å². The maximum absolute atomic E-state index is 12.3. The van der Waals surface area contributed by atoms with Gasteiger partial charge in [-0.2, -0.15) is 0 Å². The van der Waals surface area contributed by atoms with Crippen LogP contribution in [0.5, 0.6) is 0 Å². The van der Waals surface area contributed by atoms with Gasteiger partial charge in [-0.1, -0.05) is 0 Å². The minimum Gasteiger partial charge on any atom is -0.469 e. The summed E-state index contributed by atoms with van der Waals surface area (Å²) in [5.41, 5.74) is 0. The number of carbonyl (C=O) groups is 2. The SMILES string of the molecule is COC(=O)C1CCN(C(=O)CN2CCN(CCO)CC2)CC1. The molecule has 2 aliphatic rings. The monoisotopic (exact) mass is 313 g/mol. The minimum atomic E-state index is -0.160. The molecule has 126 valence electrons. The van der Waals surface area contributed by atoms with Gasteiger partial charge in [-0.25, -0.2) is 0 Å². The summed E-state index contributed by atoms with van der Waals surface area (Å²) >= 11 is 0. The zero-order valence-electron chi connectivity index (χ0n) is 13.4. The lowest BCUT2D eigenvalue weighted by atomic mass is 9.97. The Kier molecular flexibility index (Phi) is 6.60. The van der Waals surface area contributed by atoms with E-state index >= 15 is 0 Å². The standard InChI is InChI=1S/C15H27N3O4/c1-22-15(21)13-2-4-18(5-3-13)14(20)12-17-8-6-16(7-9-17)10-11-19/h13,19H,2-12H2,1H3. The van der Waals surface area contributed by atoms with E-state index in [1.54, 1.807) is 0 Å². The Morgan fingerprint density at radius 2 is 1.64 bits per heavy atom. The smallest absolute Gasteiger partial charge is 0.308 e. The molecule has 2 fully saturated rings. The molecule has 1 N–H and O–H groups in total. The van der Waals surface area contributed by atoms with Crippen molar-refractivity contribution >= 4 is 11.9 Å². The molecule has 0 aromatic rings. The van der Waals surface area contributed by atoms with E-state index < -0.39 is 0 Å². The van der Waals surface area contributed by atoms with E-state index in [2.05, 4.69) is 9.80 Å². The van der Waals surface area contributed by atoms with E-state index in [4.69, 9.17) is 9.84 Å². The van der Waals surface area contributed by atoms with Crippen molar-refractivity contribution in [1.82, 2.24) is 14.7 Å². The van der Waals surface area contributed by atoms with Crippen LogP contribution in [-0.2, 0) is 14.3 Å². The number of aliphatic hydroxyl groups is 1. The fourth-order valence-electron chi connectivity index (χ4n) is 3.13. The highest BCUT2D eigenvalue weighted by molar-refractivity contribution is 5.79. The van der Waals surface area contributed by atoms with Crippen molar-refractivity contribution in [2.24, 2.45) is 5.92 Å². The lowest BCUT2D eigenvalue weighted by Crippen LogP contribution is -2.51. The molecule has 0 saturated carbocycles. The van der Waals surface area contributed by atoms with Crippen LogP contribution in [0.1, 0.15) is 12.8 Å². The summed E-state index contributed by atoms with van der Waals surface area (Å²) in [4.78, 5) is 30.1. The van der Waals surface area contributed by atoms with Gasteiger partial charge in [-0.15, -0.1) is 0 Å². The number of methoxy groups -OCH3 is 1. The average molecular weight is 313 g/mol. The normalized spacial score (nSPS) is 21.8. The largest absolute Gasteiger partial charge is 0.469 e. The summed E-state index contributed by atoms with van der Waals surface area (Å²) in [5.74, 6) is -0.0675. The van der Waals surface area contributed by atoms with Gasteiger partial charge in [0.1, 0.15) is 0 Å². The van der Waals surface area contributed by atoms with Crippen LogP contribution in [0.2, 0.25) is 0 Å². The Morgan fingerprint density at radius 3 is 2.18 bits per heavy atom. The molecular weight excluding hydrogens is 286 g/mol. The Bertz CT molecular complexity index is 375. The summed E-state index contributed by atoms with van der Waals surface area (Å²) in [6.45, 7) is 6.17. The number of hydrogen-bond donors (Lipinski definition) is 1. The second-order valence-corrected chi connectivity index (χ2v) is 6.02. The van der Waals surface area contributed by atoms with E-state index in [1.807, 2.05) is 4.90 Å². The fourth-order valence-corrected chi connectivity index (χ4v) is 3.13. The van der Waals surface area contributed by atoms with Crippen molar-refractivity contribution in [2.75, 3.05) is 66.1 Å². The number of piperazine rings is 1. The first-order valence-corrected chi connectivity index (χ1v) is 8.05. The molecule has 0 bridgehead atoms. The number of amides is 1. The van der Waals surface area contributed by atoms with Crippen molar-refractivity contribution < 1.29 is 19.4 Å². The van der Waals surface area contributed by atoms with Crippen molar-refractivity contribution in [3.8, 4) is 0 Å². The number of rotatable bonds is 5. The maximum Gasteiger partial charge on any atom is 0.308 e. The fraction of sp³-hybridized carbons (Fsp3) is 0.867. The second kappa shape index (κ2) is 8.45. The summed E-state index contributed by atoms with van der Waals surface area (Å²) in [6, 6.07) is 0. The summed E-state index contributed by atoms with van der Waals surface area (Å²) < 4.78 is 4.76. The third kappa shape index (κ3) is 4.66. The molecular formula is C15H27N3O4. The predicted molar refractivity (Wildman–Crippen MR) is 81.3 cm³/mol. The summed E-state index contributed by atoms with van der Waals surface area (Å²) in [7, 11) is 1.41. The Hall–Kier alpha value is -1.18. The Balaban J connectivity index is 1.69. The van der Waals surface area contributed by atoms with Gasteiger partial charge >= 0.3 is 5.97 Å². The molecule has 2 saturated heterocycles.